The number of pyridine rings is 1. The number of ether oxygens (including phenoxy) is 1. The molecule has 0 unspecified atom stereocenters. The van der Waals surface area contributed by atoms with Crippen LogP contribution in [0, 0.1) is 5.92 Å². The number of aromatic nitrogens is 1. The van der Waals surface area contributed by atoms with E-state index in [-0.39, 0.29) is 23.2 Å². The van der Waals surface area contributed by atoms with Crippen molar-refractivity contribution in [3.63, 3.8) is 0 Å². The molecule has 0 aliphatic heterocycles. The van der Waals surface area contributed by atoms with E-state index in [4.69, 9.17) is 4.74 Å². The van der Waals surface area contributed by atoms with E-state index in [1.807, 2.05) is 44.2 Å². The molecule has 6 nitrogen and oxygen atoms in total. The number of hydrogen-bond donors (Lipinski definition) is 2. The van der Waals surface area contributed by atoms with Crippen LogP contribution in [0.2, 0.25) is 0 Å². The van der Waals surface area contributed by atoms with Crippen LogP contribution >= 0.6 is 0 Å². The molecule has 2 N–H and O–H groups in total. The summed E-state index contributed by atoms with van der Waals surface area (Å²) in [6.45, 7) is 4.57. The molecule has 148 valence electrons. The maximum Gasteiger partial charge on any atom is 0.274 e. The lowest BCUT2D eigenvalue weighted by atomic mass is 10.2. The Balaban J connectivity index is 1.62. The van der Waals surface area contributed by atoms with Crippen molar-refractivity contribution in [3.8, 4) is 11.5 Å². The van der Waals surface area contributed by atoms with Gasteiger partial charge in [0, 0.05) is 12.2 Å². The fourth-order valence-corrected chi connectivity index (χ4v) is 2.50. The Bertz CT molecular complexity index is 970. The molecule has 0 spiro atoms. The van der Waals surface area contributed by atoms with E-state index in [2.05, 4.69) is 15.6 Å². The van der Waals surface area contributed by atoms with Gasteiger partial charge in [0.15, 0.2) is 0 Å². The molecule has 3 rings (SSSR count). The zero-order valence-corrected chi connectivity index (χ0v) is 16.4. The standard InChI is InChI=1S/C23H23N3O3/c1-16(2)15-24-22(27)20-9-6-10-21(26-20)23(28)25-17-11-13-19(14-12-17)29-18-7-4-3-5-8-18/h3-14,16H,15H2,1-2H3,(H,24,27)(H,25,28). The van der Waals surface area contributed by atoms with Crippen LogP contribution in [0.5, 0.6) is 11.5 Å². The summed E-state index contributed by atoms with van der Waals surface area (Å²) in [5.74, 6) is 1.05. The molecule has 3 aromatic rings. The van der Waals surface area contributed by atoms with Gasteiger partial charge in [-0.3, -0.25) is 9.59 Å². The third-order valence-electron chi connectivity index (χ3n) is 3.98. The first kappa shape index (κ1) is 20.1. The summed E-state index contributed by atoms with van der Waals surface area (Å²) in [4.78, 5) is 28.8. The third-order valence-corrected chi connectivity index (χ3v) is 3.98. The van der Waals surface area contributed by atoms with Crippen molar-refractivity contribution < 1.29 is 14.3 Å². The SMILES string of the molecule is CC(C)CNC(=O)c1cccc(C(=O)Nc2ccc(Oc3ccccc3)cc2)n1. The van der Waals surface area contributed by atoms with Gasteiger partial charge in [-0.05, 0) is 54.4 Å². The highest BCUT2D eigenvalue weighted by atomic mass is 16.5. The molecule has 0 saturated carbocycles. The van der Waals surface area contributed by atoms with Crippen molar-refractivity contribution in [1.29, 1.82) is 0 Å². The topological polar surface area (TPSA) is 80.3 Å². The van der Waals surface area contributed by atoms with Gasteiger partial charge >= 0.3 is 0 Å². The quantitative estimate of drug-likeness (QED) is 0.623. The highest BCUT2D eigenvalue weighted by molar-refractivity contribution is 6.03. The predicted octanol–water partition coefficient (Wildman–Crippen LogP) is 4.51. The molecule has 1 heterocycles. The van der Waals surface area contributed by atoms with Crippen LogP contribution < -0.4 is 15.4 Å². The van der Waals surface area contributed by atoms with E-state index in [0.717, 1.165) is 5.75 Å². The van der Waals surface area contributed by atoms with Crippen LogP contribution in [0.25, 0.3) is 0 Å². The van der Waals surface area contributed by atoms with Gasteiger partial charge in [-0.25, -0.2) is 4.98 Å². The Labute approximate surface area is 169 Å². The van der Waals surface area contributed by atoms with E-state index >= 15 is 0 Å². The van der Waals surface area contributed by atoms with Gasteiger partial charge < -0.3 is 15.4 Å². The van der Waals surface area contributed by atoms with Gasteiger partial charge in [-0.15, -0.1) is 0 Å². The van der Waals surface area contributed by atoms with Gasteiger partial charge in [0.25, 0.3) is 11.8 Å². The van der Waals surface area contributed by atoms with Gasteiger partial charge in [-0.2, -0.15) is 0 Å². The summed E-state index contributed by atoms with van der Waals surface area (Å²) in [5, 5.41) is 5.57. The Kier molecular flexibility index (Phi) is 6.58. The number of nitrogens with one attached hydrogen (secondary N) is 2. The minimum atomic E-state index is -0.389. The van der Waals surface area contributed by atoms with Crippen LogP contribution in [0.1, 0.15) is 34.8 Å². The summed E-state index contributed by atoms with van der Waals surface area (Å²) in [5.41, 5.74) is 0.989. The van der Waals surface area contributed by atoms with E-state index < -0.39 is 0 Å². The van der Waals surface area contributed by atoms with Gasteiger partial charge in [0.2, 0.25) is 0 Å². The molecular formula is C23H23N3O3. The minimum absolute atomic E-state index is 0.173. The number of anilines is 1. The molecule has 0 saturated heterocycles. The van der Waals surface area contributed by atoms with Crippen molar-refractivity contribution in [3.05, 3.63) is 84.2 Å². The molecule has 0 aliphatic rings. The summed E-state index contributed by atoms with van der Waals surface area (Å²) in [6.07, 6.45) is 0. The monoisotopic (exact) mass is 389 g/mol. The lowest BCUT2D eigenvalue weighted by molar-refractivity contribution is 0.0944. The Morgan fingerprint density at radius 3 is 2.10 bits per heavy atom. The number of hydrogen-bond acceptors (Lipinski definition) is 4. The lowest BCUT2D eigenvalue weighted by Crippen LogP contribution is -2.28. The maximum atomic E-state index is 12.5. The fraction of sp³-hybridized carbons (Fsp3) is 0.174. The van der Waals surface area contributed by atoms with E-state index in [1.54, 1.807) is 42.5 Å². The second-order valence-corrected chi connectivity index (χ2v) is 6.91. The smallest absolute Gasteiger partial charge is 0.274 e. The number of carbonyl (C=O) groups excluding carboxylic acids is 2. The molecule has 29 heavy (non-hydrogen) atoms. The molecule has 0 bridgehead atoms. The van der Waals surface area contributed by atoms with Gasteiger partial charge in [0.05, 0.1) is 0 Å². The average Bonchev–Trinajstić information content (AvgIpc) is 2.74. The first-order chi connectivity index (χ1) is 14.0. The fourth-order valence-electron chi connectivity index (χ4n) is 2.50. The van der Waals surface area contributed by atoms with E-state index in [1.165, 1.54) is 0 Å². The summed E-state index contributed by atoms with van der Waals surface area (Å²) in [6, 6.07) is 21.3. The minimum Gasteiger partial charge on any atom is -0.457 e. The van der Waals surface area contributed by atoms with Crippen LogP contribution in [0.4, 0.5) is 5.69 Å². The molecule has 0 fully saturated rings. The number of para-hydroxylation sites is 1. The molecule has 2 amide bonds. The molecule has 6 heteroatoms. The summed E-state index contributed by atoms with van der Waals surface area (Å²) in [7, 11) is 0. The number of carbonyl (C=O) groups is 2. The Morgan fingerprint density at radius 1 is 0.828 bits per heavy atom. The zero-order chi connectivity index (χ0) is 20.6. The van der Waals surface area contributed by atoms with Gasteiger partial charge in [-0.1, -0.05) is 38.1 Å². The molecule has 2 aromatic carbocycles. The first-order valence-electron chi connectivity index (χ1n) is 9.41. The van der Waals surface area contributed by atoms with Crippen molar-refractivity contribution >= 4 is 17.5 Å². The van der Waals surface area contributed by atoms with E-state index in [9.17, 15) is 9.59 Å². The maximum absolute atomic E-state index is 12.5. The summed E-state index contributed by atoms with van der Waals surface area (Å²) >= 11 is 0. The molecule has 1 aromatic heterocycles. The normalized spacial score (nSPS) is 10.4. The van der Waals surface area contributed by atoms with Crippen molar-refractivity contribution in [2.75, 3.05) is 11.9 Å². The number of nitrogens with zero attached hydrogens (tertiary/aromatic N) is 1. The van der Waals surface area contributed by atoms with Crippen LogP contribution in [-0.2, 0) is 0 Å². The largest absolute Gasteiger partial charge is 0.457 e. The predicted molar refractivity (Wildman–Crippen MR) is 112 cm³/mol. The molecule has 0 aliphatic carbocycles. The number of rotatable bonds is 7. The highest BCUT2D eigenvalue weighted by Gasteiger charge is 2.13. The van der Waals surface area contributed by atoms with Crippen LogP contribution in [0.3, 0.4) is 0 Å². The van der Waals surface area contributed by atoms with Crippen molar-refractivity contribution in [2.45, 2.75) is 13.8 Å². The molecular weight excluding hydrogens is 366 g/mol. The Hall–Kier alpha value is -3.67. The Morgan fingerprint density at radius 2 is 1.45 bits per heavy atom. The van der Waals surface area contributed by atoms with E-state index in [0.29, 0.717) is 23.9 Å². The zero-order valence-electron chi connectivity index (χ0n) is 16.4. The average molecular weight is 389 g/mol. The molecule has 0 radical (unpaired) electrons. The third kappa shape index (κ3) is 5.90. The lowest BCUT2D eigenvalue weighted by Gasteiger charge is -2.09. The van der Waals surface area contributed by atoms with Crippen LogP contribution in [-0.4, -0.2) is 23.3 Å². The first-order valence-corrected chi connectivity index (χ1v) is 9.41. The summed E-state index contributed by atoms with van der Waals surface area (Å²) < 4.78 is 5.74. The number of benzene rings is 2. The molecule has 0 atom stereocenters. The highest BCUT2D eigenvalue weighted by Crippen LogP contribution is 2.22. The number of amides is 2. The van der Waals surface area contributed by atoms with Gasteiger partial charge in [0.1, 0.15) is 22.9 Å². The second-order valence-electron chi connectivity index (χ2n) is 6.91. The van der Waals surface area contributed by atoms with Crippen molar-refractivity contribution in [1.82, 2.24) is 10.3 Å². The van der Waals surface area contributed by atoms with Crippen LogP contribution in [0.15, 0.2) is 72.8 Å². The second kappa shape index (κ2) is 9.50. The van der Waals surface area contributed by atoms with Crippen molar-refractivity contribution in [2.24, 2.45) is 5.92 Å².